The van der Waals surface area contributed by atoms with Crippen molar-refractivity contribution < 1.29 is 23.9 Å². The largest absolute Gasteiger partial charge is 0.508 e. The van der Waals surface area contributed by atoms with Crippen molar-refractivity contribution in [3.8, 4) is 5.75 Å². The highest BCUT2D eigenvalue weighted by molar-refractivity contribution is 7.32. The molecule has 0 amide bonds. The van der Waals surface area contributed by atoms with Gasteiger partial charge in [0.1, 0.15) is 11.8 Å². The van der Waals surface area contributed by atoms with Crippen molar-refractivity contribution in [2.24, 2.45) is 5.73 Å². The monoisotopic (exact) mass is 245 g/mol. The summed E-state index contributed by atoms with van der Waals surface area (Å²) >= 11 is 0. The molecule has 1 rings (SSSR count). The van der Waals surface area contributed by atoms with Crippen LogP contribution in [0.3, 0.4) is 0 Å². The molecule has 0 fully saturated rings. The highest BCUT2D eigenvalue weighted by Gasteiger charge is 2.17. The number of rotatable bonds is 4. The first-order valence-corrected chi connectivity index (χ1v) is 5.73. The Morgan fingerprint density at radius 1 is 1.44 bits per heavy atom. The van der Waals surface area contributed by atoms with Gasteiger partial charge in [0.15, 0.2) is 0 Å². The number of hydrogen-bond acceptors (Lipinski definition) is 5. The van der Waals surface area contributed by atoms with Crippen molar-refractivity contribution in [2.75, 3.05) is 0 Å². The second-order valence-electron chi connectivity index (χ2n) is 3.16. The number of phenolic OH excluding ortho intramolecular Hbond substituents is 1. The first kappa shape index (κ1) is 12.7. The van der Waals surface area contributed by atoms with E-state index in [1.807, 2.05) is 0 Å². The fourth-order valence-corrected chi connectivity index (χ4v) is 1.45. The molecule has 0 aliphatic rings. The van der Waals surface area contributed by atoms with E-state index in [1.165, 1.54) is 12.1 Å². The minimum Gasteiger partial charge on any atom is -0.508 e. The summed E-state index contributed by atoms with van der Waals surface area (Å²) in [5.74, 6) is -0.806. The van der Waals surface area contributed by atoms with Gasteiger partial charge in [-0.3, -0.25) is 4.79 Å². The van der Waals surface area contributed by atoms with Crippen molar-refractivity contribution in [3.63, 3.8) is 0 Å². The Bertz CT molecular complexity index is 391. The van der Waals surface area contributed by atoms with Crippen LogP contribution in [0.5, 0.6) is 5.75 Å². The van der Waals surface area contributed by atoms with Crippen LogP contribution in [0.15, 0.2) is 24.3 Å². The lowest BCUT2D eigenvalue weighted by atomic mass is 10.1. The summed E-state index contributed by atoms with van der Waals surface area (Å²) in [7, 11) is -3.30. The molecule has 2 atom stereocenters. The van der Waals surface area contributed by atoms with E-state index in [4.69, 9.17) is 15.7 Å². The third-order valence-electron chi connectivity index (χ3n) is 1.88. The molecule has 0 saturated carbocycles. The smallest absolute Gasteiger partial charge is 0.367 e. The quantitative estimate of drug-likeness (QED) is 0.653. The van der Waals surface area contributed by atoms with E-state index < -0.39 is 20.3 Å². The lowest BCUT2D eigenvalue weighted by Crippen LogP contribution is -2.33. The molecule has 16 heavy (non-hydrogen) atoms. The summed E-state index contributed by atoms with van der Waals surface area (Å²) in [6.45, 7) is 0. The van der Waals surface area contributed by atoms with Crippen LogP contribution in [-0.2, 0) is 20.3 Å². The van der Waals surface area contributed by atoms with E-state index in [0.717, 1.165) is 5.56 Å². The molecule has 4 N–H and O–H groups in total. The third-order valence-corrected chi connectivity index (χ3v) is 2.26. The average molecular weight is 245 g/mol. The molecule has 0 radical (unpaired) electrons. The molecule has 0 aliphatic carbocycles. The molecule has 1 aromatic rings. The van der Waals surface area contributed by atoms with E-state index in [0.29, 0.717) is 0 Å². The molecule has 7 heteroatoms. The lowest BCUT2D eigenvalue weighted by Gasteiger charge is -2.09. The summed E-state index contributed by atoms with van der Waals surface area (Å²) in [6.07, 6.45) is 0.175. The number of hydrogen-bond donors (Lipinski definition) is 3. The van der Waals surface area contributed by atoms with Crippen LogP contribution in [0.2, 0.25) is 0 Å². The standard InChI is InChI=1S/C9H12NO5P/c10-8(9(12)15-16(13)14)5-6-1-3-7(11)4-2-6/h1-4,8,11,16H,5,10H2,(H,13,14)/t8-/m0/s1. The molecule has 0 heterocycles. The normalized spacial score (nSPS) is 14.1. The van der Waals surface area contributed by atoms with Gasteiger partial charge in [0.25, 0.3) is 0 Å². The molecule has 6 nitrogen and oxygen atoms in total. The third kappa shape index (κ3) is 4.02. The summed E-state index contributed by atoms with van der Waals surface area (Å²) in [5.41, 5.74) is 6.19. The van der Waals surface area contributed by atoms with Gasteiger partial charge in [-0.05, 0) is 24.1 Å². The number of aromatic hydroxyl groups is 1. The van der Waals surface area contributed by atoms with Crippen molar-refractivity contribution in [1.82, 2.24) is 0 Å². The summed E-state index contributed by atoms with van der Waals surface area (Å²) in [6, 6.07) is 5.13. The first-order valence-electron chi connectivity index (χ1n) is 4.47. The second-order valence-corrected chi connectivity index (χ2v) is 3.90. The van der Waals surface area contributed by atoms with Crippen molar-refractivity contribution in [1.29, 1.82) is 0 Å². The van der Waals surface area contributed by atoms with Crippen LogP contribution < -0.4 is 5.73 Å². The Morgan fingerprint density at radius 3 is 2.50 bits per heavy atom. The Balaban J connectivity index is 2.57. The number of benzene rings is 1. The van der Waals surface area contributed by atoms with E-state index >= 15 is 0 Å². The fraction of sp³-hybridized carbons (Fsp3) is 0.222. The number of carbonyl (C=O) groups is 1. The topological polar surface area (TPSA) is 110 Å². The maximum Gasteiger partial charge on any atom is 0.367 e. The van der Waals surface area contributed by atoms with Gasteiger partial charge >= 0.3 is 14.2 Å². The van der Waals surface area contributed by atoms with Gasteiger partial charge in [0.05, 0.1) is 0 Å². The minimum absolute atomic E-state index is 0.111. The molecule has 0 spiro atoms. The lowest BCUT2D eigenvalue weighted by molar-refractivity contribution is -0.135. The van der Waals surface area contributed by atoms with Crippen molar-refractivity contribution in [2.45, 2.75) is 12.5 Å². The Kier molecular flexibility index (Phi) is 4.49. The van der Waals surface area contributed by atoms with Crippen LogP contribution in [0.1, 0.15) is 5.56 Å². The van der Waals surface area contributed by atoms with Gasteiger partial charge in [-0.15, -0.1) is 0 Å². The van der Waals surface area contributed by atoms with Crippen LogP contribution in [0.25, 0.3) is 0 Å². The zero-order valence-corrected chi connectivity index (χ0v) is 9.29. The SMILES string of the molecule is N[C@@H](Cc1ccc(O)cc1)C(=O)O[PH](=O)O. The minimum atomic E-state index is -3.30. The number of phenols is 1. The summed E-state index contributed by atoms with van der Waals surface area (Å²) in [4.78, 5) is 19.5. The second kappa shape index (κ2) is 5.65. The number of carbonyl (C=O) groups excluding carboxylic acids is 1. The zero-order chi connectivity index (χ0) is 12.1. The molecule has 0 bridgehead atoms. The molecule has 0 aromatic heterocycles. The van der Waals surface area contributed by atoms with Crippen molar-refractivity contribution in [3.05, 3.63) is 29.8 Å². The Hall–Kier alpha value is -1.36. The van der Waals surface area contributed by atoms with Gasteiger partial charge in [-0.2, -0.15) is 0 Å². The van der Waals surface area contributed by atoms with Crippen LogP contribution in [0.4, 0.5) is 0 Å². The van der Waals surface area contributed by atoms with Crippen LogP contribution in [-0.4, -0.2) is 22.0 Å². The highest BCUT2D eigenvalue weighted by Crippen LogP contribution is 2.17. The van der Waals surface area contributed by atoms with E-state index in [2.05, 4.69) is 4.52 Å². The molecule has 88 valence electrons. The molecule has 0 saturated heterocycles. The van der Waals surface area contributed by atoms with Crippen molar-refractivity contribution >= 4 is 14.2 Å². The van der Waals surface area contributed by atoms with Gasteiger partial charge in [-0.1, -0.05) is 12.1 Å². The summed E-state index contributed by atoms with van der Waals surface area (Å²) in [5, 5.41) is 9.03. The van der Waals surface area contributed by atoms with E-state index in [1.54, 1.807) is 12.1 Å². The zero-order valence-electron chi connectivity index (χ0n) is 8.29. The van der Waals surface area contributed by atoms with Gasteiger partial charge in [-0.25, -0.2) is 4.57 Å². The number of nitrogens with two attached hydrogens (primary N) is 1. The molecule has 0 aliphatic heterocycles. The molecular weight excluding hydrogens is 233 g/mol. The first-order chi connectivity index (χ1) is 7.49. The maximum atomic E-state index is 11.1. The van der Waals surface area contributed by atoms with Crippen LogP contribution >= 0.6 is 8.25 Å². The Labute approximate surface area is 92.6 Å². The van der Waals surface area contributed by atoms with E-state index in [-0.39, 0.29) is 12.2 Å². The molecular formula is C9H12NO5P. The van der Waals surface area contributed by atoms with Gasteiger partial charge in [0, 0.05) is 0 Å². The van der Waals surface area contributed by atoms with Gasteiger partial charge in [0.2, 0.25) is 0 Å². The van der Waals surface area contributed by atoms with Crippen LogP contribution in [0, 0.1) is 0 Å². The van der Waals surface area contributed by atoms with Gasteiger partial charge < -0.3 is 20.3 Å². The Morgan fingerprint density at radius 2 is 2.00 bits per heavy atom. The maximum absolute atomic E-state index is 11.1. The molecule has 1 aromatic carbocycles. The average Bonchev–Trinajstić information content (AvgIpc) is 2.20. The summed E-state index contributed by atoms with van der Waals surface area (Å²) < 4.78 is 14.4. The van der Waals surface area contributed by atoms with E-state index in [9.17, 15) is 9.36 Å². The fourth-order valence-electron chi connectivity index (χ4n) is 1.13. The predicted octanol–water partition coefficient (Wildman–Crippen LogP) is 0.187. The molecule has 1 unspecified atom stereocenters. The predicted molar refractivity (Wildman–Crippen MR) is 57.1 cm³/mol. The highest BCUT2D eigenvalue weighted by atomic mass is 31.1.